The first kappa shape index (κ1) is 26.4. The van der Waals surface area contributed by atoms with Gasteiger partial charge in [-0.2, -0.15) is 0 Å². The summed E-state index contributed by atoms with van der Waals surface area (Å²) in [7, 11) is 0. The van der Waals surface area contributed by atoms with Crippen molar-refractivity contribution in [1.82, 2.24) is 0 Å². The first-order valence-electron chi connectivity index (χ1n) is 9.00. The summed E-state index contributed by atoms with van der Waals surface area (Å²) in [6, 6.07) is -1.06. The van der Waals surface area contributed by atoms with Crippen LogP contribution in [0.5, 0.6) is 0 Å². The number of carbonyl (C=O) groups excluding carboxylic acids is 1. The van der Waals surface area contributed by atoms with E-state index in [9.17, 15) is 14.4 Å². The fourth-order valence-electron chi connectivity index (χ4n) is 2.09. The Balaban J connectivity index is 0. The summed E-state index contributed by atoms with van der Waals surface area (Å²) < 4.78 is 0.528. The molecule has 1 unspecified atom stereocenters. The molecule has 0 saturated carbocycles. The van der Waals surface area contributed by atoms with E-state index in [2.05, 4.69) is 6.92 Å². The molecule has 0 saturated heterocycles. The maximum absolute atomic E-state index is 10.7. The van der Waals surface area contributed by atoms with Crippen molar-refractivity contribution in [1.29, 1.82) is 0 Å². The van der Waals surface area contributed by atoms with E-state index in [0.717, 1.165) is 12.8 Å². The molecule has 0 aliphatic rings. The predicted octanol–water partition coefficient (Wildman–Crippen LogP) is 2.87. The van der Waals surface area contributed by atoms with E-state index in [1.165, 1.54) is 51.4 Å². The summed E-state index contributed by atoms with van der Waals surface area (Å²) in [4.78, 5) is 30.6. The molecule has 7 heteroatoms. The molecule has 136 valence electrons. The Bertz CT molecular complexity index is 350. The maximum Gasteiger partial charge on any atom is 0.320 e. The van der Waals surface area contributed by atoms with Crippen LogP contribution in [0.15, 0.2) is 0 Å². The van der Waals surface area contributed by atoms with E-state index >= 15 is 0 Å². The SMILES string of the molecule is CCCCCCCCCCC[C](=O)[K].NC(CCC(=O)O)C(=O)O. The molecule has 0 aliphatic carbocycles. The Kier molecular flexibility index (Phi) is 21.5. The molecule has 24 heavy (non-hydrogen) atoms. The van der Waals surface area contributed by atoms with Crippen LogP contribution in [0.3, 0.4) is 0 Å². The molecular formula is C17H32KNO5. The second-order valence-corrected chi connectivity index (χ2v) is 7.90. The molecule has 1 atom stereocenters. The molecular weight excluding hydrogens is 337 g/mol. The van der Waals surface area contributed by atoms with Crippen LogP contribution in [0.2, 0.25) is 0 Å². The predicted molar refractivity (Wildman–Crippen MR) is 95.1 cm³/mol. The fourth-order valence-corrected chi connectivity index (χ4v) is 2.64. The molecule has 0 fully saturated rings. The zero-order valence-electron chi connectivity index (χ0n) is 15.3. The van der Waals surface area contributed by atoms with Gasteiger partial charge in [-0.05, 0) is 6.42 Å². The minimum atomic E-state index is -1.17. The second-order valence-electron chi connectivity index (χ2n) is 6.16. The normalized spacial score (nSPS) is 11.3. The Hall–Kier alpha value is 0.206. The Morgan fingerprint density at radius 3 is 1.71 bits per heavy atom. The van der Waals surface area contributed by atoms with E-state index < -0.39 is 18.0 Å². The molecule has 6 nitrogen and oxygen atoms in total. The number of rotatable bonds is 14. The molecule has 0 bridgehead atoms. The zero-order valence-corrected chi connectivity index (χ0v) is 18.4. The van der Waals surface area contributed by atoms with Crippen LogP contribution in [0, 0.1) is 0 Å². The largest absolute Gasteiger partial charge is 0.481 e. The Morgan fingerprint density at radius 2 is 1.33 bits per heavy atom. The van der Waals surface area contributed by atoms with Crippen LogP contribution in [0.4, 0.5) is 0 Å². The van der Waals surface area contributed by atoms with Gasteiger partial charge in [0.1, 0.15) is 6.04 Å². The molecule has 4 N–H and O–H groups in total. The van der Waals surface area contributed by atoms with Crippen molar-refractivity contribution in [2.24, 2.45) is 5.73 Å². The van der Waals surface area contributed by atoms with Crippen LogP contribution in [0.25, 0.3) is 0 Å². The monoisotopic (exact) mass is 369 g/mol. The second kappa shape index (κ2) is 19.5. The molecule has 0 spiro atoms. The van der Waals surface area contributed by atoms with Crippen molar-refractivity contribution in [3.05, 3.63) is 0 Å². The van der Waals surface area contributed by atoms with Crippen molar-refractivity contribution in [3.63, 3.8) is 0 Å². The van der Waals surface area contributed by atoms with Crippen LogP contribution < -0.4 is 5.73 Å². The van der Waals surface area contributed by atoms with Gasteiger partial charge in [0.15, 0.2) is 0 Å². The zero-order chi connectivity index (χ0) is 18.8. The first-order chi connectivity index (χ1) is 11.3. The van der Waals surface area contributed by atoms with E-state index in [0.29, 0.717) is 48.8 Å². The molecule has 0 rings (SSSR count). The molecule has 0 heterocycles. The van der Waals surface area contributed by atoms with Crippen LogP contribution in [-0.4, -0.2) is 77.0 Å². The third-order valence-corrected chi connectivity index (χ3v) is 4.40. The van der Waals surface area contributed by atoms with Gasteiger partial charge in [0.25, 0.3) is 0 Å². The minimum absolute atomic E-state index is 0.0231. The number of carboxylic acid groups (broad SMARTS) is 2. The van der Waals surface area contributed by atoms with Crippen LogP contribution >= 0.6 is 0 Å². The number of carboxylic acids is 2. The number of hydrogen-bond donors (Lipinski definition) is 3. The van der Waals surface area contributed by atoms with Gasteiger partial charge in [-0.15, -0.1) is 0 Å². The van der Waals surface area contributed by atoms with E-state index in [1.54, 1.807) is 0 Å². The smallest absolute Gasteiger partial charge is 0.320 e. The topological polar surface area (TPSA) is 118 Å². The van der Waals surface area contributed by atoms with Gasteiger partial charge in [-0.1, -0.05) is 0 Å². The number of aliphatic carboxylic acids is 2. The van der Waals surface area contributed by atoms with Gasteiger partial charge in [-0.25, -0.2) is 0 Å². The van der Waals surface area contributed by atoms with Crippen molar-refractivity contribution in [2.45, 2.75) is 90.0 Å². The summed E-state index contributed by atoms with van der Waals surface area (Å²) >= 11 is 0.424. The summed E-state index contributed by atoms with van der Waals surface area (Å²) in [6.07, 6.45) is 12.8. The van der Waals surface area contributed by atoms with Crippen molar-refractivity contribution in [3.8, 4) is 0 Å². The van der Waals surface area contributed by atoms with Gasteiger partial charge >= 0.3 is 137 Å². The molecule has 0 amide bonds. The Morgan fingerprint density at radius 1 is 0.875 bits per heavy atom. The summed E-state index contributed by atoms with van der Waals surface area (Å²) in [6.45, 7) is 2.26. The van der Waals surface area contributed by atoms with Crippen molar-refractivity contribution < 1.29 is 24.6 Å². The first-order valence-corrected chi connectivity index (χ1v) is 10.6. The van der Waals surface area contributed by atoms with Gasteiger partial charge in [0.2, 0.25) is 0 Å². The summed E-state index contributed by atoms with van der Waals surface area (Å²) in [5, 5.41) is 16.3. The van der Waals surface area contributed by atoms with E-state index in [4.69, 9.17) is 15.9 Å². The van der Waals surface area contributed by atoms with Crippen LogP contribution in [-0.2, 0) is 14.4 Å². The maximum atomic E-state index is 10.7. The molecule has 0 aliphatic heterocycles. The number of carbonyl (C=O) groups is 3. The number of unbranched alkanes of at least 4 members (excludes halogenated alkanes) is 8. The standard InChI is InChI=1S/C12H23O.C5H9NO4.K/c1-2-3-4-5-6-7-8-9-10-11-12-13;6-3(5(9)10)1-2-4(7)8;/h2-11H2,1H3;3H,1-2,6H2,(H,7,8)(H,9,10);. The van der Waals surface area contributed by atoms with E-state index in [1.807, 2.05) is 0 Å². The molecule has 0 radical (unpaired) electrons. The number of hydrogen-bond acceptors (Lipinski definition) is 4. The average molecular weight is 370 g/mol. The van der Waals surface area contributed by atoms with E-state index in [-0.39, 0.29) is 12.8 Å². The van der Waals surface area contributed by atoms with Gasteiger partial charge < -0.3 is 15.9 Å². The fraction of sp³-hybridized carbons (Fsp3) is 0.824. The molecule has 0 aromatic heterocycles. The van der Waals surface area contributed by atoms with Crippen LogP contribution in [0.1, 0.15) is 84.0 Å². The van der Waals surface area contributed by atoms with Crippen molar-refractivity contribution in [2.75, 3.05) is 0 Å². The quantitative estimate of drug-likeness (QED) is 0.320. The average Bonchev–Trinajstić information content (AvgIpc) is 2.51. The summed E-state index contributed by atoms with van der Waals surface area (Å²) in [5.74, 6) is -2.20. The third-order valence-electron chi connectivity index (χ3n) is 3.62. The minimum Gasteiger partial charge on any atom is -0.481 e. The number of nitrogens with two attached hydrogens (primary N) is 1. The van der Waals surface area contributed by atoms with Gasteiger partial charge in [0.05, 0.1) is 0 Å². The molecule has 0 aromatic rings. The summed E-state index contributed by atoms with van der Waals surface area (Å²) in [5.41, 5.74) is 5.00. The Labute approximate surface area is 179 Å². The van der Waals surface area contributed by atoms with Crippen molar-refractivity contribution >= 4 is 60.8 Å². The van der Waals surface area contributed by atoms with Gasteiger partial charge in [-0.3, -0.25) is 9.59 Å². The third kappa shape index (κ3) is 24.5. The molecule has 0 aromatic carbocycles. The van der Waals surface area contributed by atoms with Gasteiger partial charge in [0, 0.05) is 6.42 Å².